The van der Waals surface area contributed by atoms with Gasteiger partial charge in [0, 0.05) is 10.0 Å². The first-order valence-electron chi connectivity index (χ1n) is 6.31. The summed E-state index contributed by atoms with van der Waals surface area (Å²) in [5.74, 6) is 0.700. The molecule has 0 saturated carbocycles. The fourth-order valence-electron chi connectivity index (χ4n) is 1.55. The molecule has 0 bridgehead atoms. The summed E-state index contributed by atoms with van der Waals surface area (Å²) in [6.07, 6.45) is 2.27. The summed E-state index contributed by atoms with van der Waals surface area (Å²) < 4.78 is 12.1. The minimum atomic E-state index is 0.327. The van der Waals surface area contributed by atoms with Crippen LogP contribution in [0, 0.1) is 0 Å². The number of rotatable bonds is 6. The van der Waals surface area contributed by atoms with Crippen LogP contribution in [0.25, 0.3) is 0 Å². The van der Waals surface area contributed by atoms with Gasteiger partial charge in [-0.25, -0.2) is 0 Å². The molecule has 0 radical (unpaired) electrons. The highest BCUT2D eigenvalue weighted by Crippen LogP contribution is 2.28. The molecular formula is C14H16BrN3O2. The highest BCUT2D eigenvalue weighted by molar-refractivity contribution is 9.10. The smallest absolute Gasteiger partial charge is 0.244 e. The third-order valence-corrected chi connectivity index (χ3v) is 3.35. The SMILES string of the molecule is CCCOc1ncnc(OCc2ccccc2Br)c1N. The van der Waals surface area contributed by atoms with E-state index in [4.69, 9.17) is 15.2 Å². The van der Waals surface area contributed by atoms with Crippen LogP contribution in [0.15, 0.2) is 35.1 Å². The highest BCUT2D eigenvalue weighted by atomic mass is 79.9. The highest BCUT2D eigenvalue weighted by Gasteiger charge is 2.11. The second-order valence-corrected chi connectivity index (χ2v) is 4.98. The molecule has 5 nitrogen and oxygen atoms in total. The molecule has 2 aromatic rings. The molecule has 0 spiro atoms. The third-order valence-electron chi connectivity index (χ3n) is 2.58. The molecule has 0 aliphatic carbocycles. The fourth-order valence-corrected chi connectivity index (χ4v) is 1.95. The van der Waals surface area contributed by atoms with Gasteiger partial charge in [0.15, 0.2) is 5.69 Å². The Morgan fingerprint density at radius 1 is 1.15 bits per heavy atom. The van der Waals surface area contributed by atoms with Crippen LogP contribution < -0.4 is 15.2 Å². The van der Waals surface area contributed by atoms with Crippen molar-refractivity contribution in [2.45, 2.75) is 20.0 Å². The number of hydrogen-bond acceptors (Lipinski definition) is 5. The molecule has 0 unspecified atom stereocenters. The molecule has 6 heteroatoms. The first kappa shape index (κ1) is 14.6. The Bertz CT molecular complexity index is 578. The molecule has 0 atom stereocenters. The molecule has 2 N–H and O–H groups in total. The maximum Gasteiger partial charge on any atom is 0.244 e. The van der Waals surface area contributed by atoms with E-state index in [0.717, 1.165) is 16.5 Å². The number of ether oxygens (including phenoxy) is 2. The van der Waals surface area contributed by atoms with Crippen molar-refractivity contribution < 1.29 is 9.47 Å². The van der Waals surface area contributed by atoms with Gasteiger partial charge < -0.3 is 15.2 Å². The molecule has 1 aromatic carbocycles. The minimum absolute atomic E-state index is 0.327. The van der Waals surface area contributed by atoms with Gasteiger partial charge in [0.05, 0.1) is 6.61 Å². The number of anilines is 1. The van der Waals surface area contributed by atoms with Crippen LogP contribution in [0.3, 0.4) is 0 Å². The lowest BCUT2D eigenvalue weighted by molar-refractivity contribution is 0.281. The minimum Gasteiger partial charge on any atom is -0.476 e. The van der Waals surface area contributed by atoms with Gasteiger partial charge in [-0.15, -0.1) is 0 Å². The number of hydrogen-bond donors (Lipinski definition) is 1. The zero-order valence-corrected chi connectivity index (χ0v) is 12.8. The van der Waals surface area contributed by atoms with Crippen molar-refractivity contribution in [3.05, 3.63) is 40.6 Å². The molecular weight excluding hydrogens is 322 g/mol. The number of nitrogens with zero attached hydrogens (tertiary/aromatic N) is 2. The molecule has 106 valence electrons. The maximum absolute atomic E-state index is 5.94. The van der Waals surface area contributed by atoms with E-state index in [0.29, 0.717) is 30.7 Å². The van der Waals surface area contributed by atoms with E-state index in [1.54, 1.807) is 0 Å². The standard InChI is InChI=1S/C14H16BrN3O2/c1-2-7-19-13-12(16)14(18-9-17-13)20-8-10-5-3-4-6-11(10)15/h3-6,9H,2,7-8,16H2,1H3. The zero-order chi connectivity index (χ0) is 14.4. The molecule has 0 fully saturated rings. The Morgan fingerprint density at radius 3 is 2.55 bits per heavy atom. The summed E-state index contributed by atoms with van der Waals surface area (Å²) in [4.78, 5) is 8.04. The second kappa shape index (κ2) is 7.09. The van der Waals surface area contributed by atoms with E-state index in [9.17, 15) is 0 Å². The summed E-state index contributed by atoms with van der Waals surface area (Å²) in [5.41, 5.74) is 7.28. The van der Waals surface area contributed by atoms with Crippen molar-refractivity contribution in [1.82, 2.24) is 9.97 Å². The molecule has 0 amide bonds. The summed E-state index contributed by atoms with van der Waals surface area (Å²) in [5, 5.41) is 0. The predicted octanol–water partition coefficient (Wildman–Crippen LogP) is 3.19. The lowest BCUT2D eigenvalue weighted by Gasteiger charge is -2.11. The first-order chi connectivity index (χ1) is 9.72. The van der Waals surface area contributed by atoms with E-state index in [1.807, 2.05) is 31.2 Å². The summed E-state index contributed by atoms with van der Waals surface area (Å²) in [6, 6.07) is 7.82. The number of nitrogens with two attached hydrogens (primary N) is 1. The quantitative estimate of drug-likeness (QED) is 0.876. The van der Waals surface area contributed by atoms with E-state index in [2.05, 4.69) is 25.9 Å². The van der Waals surface area contributed by atoms with Crippen molar-refractivity contribution in [3.63, 3.8) is 0 Å². The number of nitrogen functional groups attached to an aromatic ring is 1. The van der Waals surface area contributed by atoms with Crippen LogP contribution in [-0.4, -0.2) is 16.6 Å². The van der Waals surface area contributed by atoms with Gasteiger partial charge in [-0.1, -0.05) is 41.1 Å². The lowest BCUT2D eigenvalue weighted by Crippen LogP contribution is -2.06. The number of aromatic nitrogens is 2. The largest absolute Gasteiger partial charge is 0.476 e. The number of benzene rings is 1. The van der Waals surface area contributed by atoms with Crippen LogP contribution >= 0.6 is 15.9 Å². The van der Waals surface area contributed by atoms with Crippen LogP contribution in [-0.2, 0) is 6.61 Å². The monoisotopic (exact) mass is 337 g/mol. The molecule has 20 heavy (non-hydrogen) atoms. The van der Waals surface area contributed by atoms with E-state index in [-0.39, 0.29) is 0 Å². The molecule has 0 aliphatic heterocycles. The van der Waals surface area contributed by atoms with Gasteiger partial charge in [-0.05, 0) is 12.5 Å². The number of halogens is 1. The van der Waals surface area contributed by atoms with E-state index < -0.39 is 0 Å². The zero-order valence-electron chi connectivity index (χ0n) is 11.2. The van der Waals surface area contributed by atoms with E-state index in [1.165, 1.54) is 6.33 Å². The third kappa shape index (κ3) is 3.60. The Hall–Kier alpha value is -1.82. The second-order valence-electron chi connectivity index (χ2n) is 4.13. The molecule has 0 aliphatic rings. The van der Waals surface area contributed by atoms with Crippen LogP contribution in [0.5, 0.6) is 11.8 Å². The van der Waals surface area contributed by atoms with Crippen molar-refractivity contribution in [2.75, 3.05) is 12.3 Å². The Balaban J connectivity index is 2.08. The summed E-state index contributed by atoms with van der Waals surface area (Å²) in [7, 11) is 0. The topological polar surface area (TPSA) is 70.3 Å². The van der Waals surface area contributed by atoms with Gasteiger partial charge in [0.1, 0.15) is 12.9 Å². The molecule has 2 rings (SSSR count). The first-order valence-corrected chi connectivity index (χ1v) is 7.11. The average molecular weight is 338 g/mol. The van der Waals surface area contributed by atoms with E-state index >= 15 is 0 Å². The molecule has 0 saturated heterocycles. The van der Waals surface area contributed by atoms with Gasteiger partial charge in [0.2, 0.25) is 11.8 Å². The van der Waals surface area contributed by atoms with Crippen LogP contribution in [0.2, 0.25) is 0 Å². The van der Waals surface area contributed by atoms with Crippen molar-refractivity contribution in [3.8, 4) is 11.8 Å². The van der Waals surface area contributed by atoms with Crippen molar-refractivity contribution in [1.29, 1.82) is 0 Å². The van der Waals surface area contributed by atoms with Gasteiger partial charge in [0.25, 0.3) is 0 Å². The molecule has 1 aromatic heterocycles. The summed E-state index contributed by atoms with van der Waals surface area (Å²) >= 11 is 3.47. The maximum atomic E-state index is 5.94. The lowest BCUT2D eigenvalue weighted by atomic mass is 10.2. The van der Waals surface area contributed by atoms with Crippen LogP contribution in [0.1, 0.15) is 18.9 Å². The van der Waals surface area contributed by atoms with Crippen molar-refractivity contribution >= 4 is 21.6 Å². The Labute approximate surface area is 126 Å². The van der Waals surface area contributed by atoms with Crippen molar-refractivity contribution in [2.24, 2.45) is 0 Å². The Morgan fingerprint density at radius 2 is 1.85 bits per heavy atom. The predicted molar refractivity (Wildman–Crippen MR) is 80.7 cm³/mol. The fraction of sp³-hybridized carbons (Fsp3) is 0.286. The molecule has 1 heterocycles. The average Bonchev–Trinajstić information content (AvgIpc) is 2.46. The van der Waals surface area contributed by atoms with Crippen LogP contribution in [0.4, 0.5) is 5.69 Å². The van der Waals surface area contributed by atoms with Gasteiger partial charge in [-0.2, -0.15) is 9.97 Å². The Kier molecular flexibility index (Phi) is 5.17. The summed E-state index contributed by atoms with van der Waals surface area (Å²) in [6.45, 7) is 2.95. The van der Waals surface area contributed by atoms with Gasteiger partial charge in [-0.3, -0.25) is 0 Å². The normalized spacial score (nSPS) is 10.3. The van der Waals surface area contributed by atoms with Gasteiger partial charge >= 0.3 is 0 Å².